The van der Waals surface area contributed by atoms with E-state index in [0.29, 0.717) is 34.0 Å². The van der Waals surface area contributed by atoms with Crippen molar-refractivity contribution in [3.63, 3.8) is 0 Å². The first-order valence-electron chi connectivity index (χ1n) is 10.8. The molecule has 6 nitrogen and oxygen atoms in total. The van der Waals surface area contributed by atoms with Crippen LogP contribution >= 0.6 is 11.8 Å². The van der Waals surface area contributed by atoms with Crippen molar-refractivity contribution in [2.24, 2.45) is 0 Å². The van der Waals surface area contributed by atoms with E-state index >= 15 is 0 Å². The predicted molar refractivity (Wildman–Crippen MR) is 132 cm³/mol. The van der Waals surface area contributed by atoms with Crippen LogP contribution in [-0.4, -0.2) is 34.4 Å². The Morgan fingerprint density at radius 1 is 1.00 bits per heavy atom. The van der Waals surface area contributed by atoms with Crippen molar-refractivity contribution in [3.8, 4) is 11.4 Å². The summed E-state index contributed by atoms with van der Waals surface area (Å²) in [7, 11) is 1.57. The molecule has 166 valence electrons. The van der Waals surface area contributed by atoms with Gasteiger partial charge in [0.15, 0.2) is 5.16 Å². The minimum absolute atomic E-state index is 0.000987. The van der Waals surface area contributed by atoms with Crippen LogP contribution in [0.25, 0.3) is 16.6 Å². The van der Waals surface area contributed by atoms with Gasteiger partial charge in [-0.25, -0.2) is 4.98 Å². The predicted octanol–water partition coefficient (Wildman–Crippen LogP) is 4.46. The first kappa shape index (κ1) is 21.3. The molecule has 33 heavy (non-hydrogen) atoms. The standard InChI is InChI=1S/C26H23N3O3S/c1-17(24(30)28-16-15-18-9-3-6-12-21(18)28)33-26-27-20-11-5-4-10-19(20)25(31)29(26)22-13-7-8-14-23(22)32-2/h3-14,17H,15-16H2,1-2H3/t17-/m1/s1. The Labute approximate surface area is 195 Å². The fourth-order valence-electron chi connectivity index (χ4n) is 4.21. The van der Waals surface area contributed by atoms with Gasteiger partial charge in [0.25, 0.3) is 5.56 Å². The molecule has 7 heteroatoms. The number of methoxy groups -OCH3 is 1. The van der Waals surface area contributed by atoms with E-state index in [1.165, 1.54) is 17.3 Å². The van der Waals surface area contributed by atoms with Crippen LogP contribution in [0.2, 0.25) is 0 Å². The van der Waals surface area contributed by atoms with Crippen LogP contribution < -0.4 is 15.2 Å². The van der Waals surface area contributed by atoms with Crippen LogP contribution in [0.4, 0.5) is 5.69 Å². The highest BCUT2D eigenvalue weighted by molar-refractivity contribution is 8.00. The third-order valence-corrected chi connectivity index (χ3v) is 6.89. The second-order valence-electron chi connectivity index (χ2n) is 7.85. The largest absolute Gasteiger partial charge is 0.495 e. The van der Waals surface area contributed by atoms with E-state index < -0.39 is 5.25 Å². The molecule has 0 aliphatic carbocycles. The second kappa shape index (κ2) is 8.75. The summed E-state index contributed by atoms with van der Waals surface area (Å²) in [5, 5.41) is 0.530. The quantitative estimate of drug-likeness (QED) is 0.327. The van der Waals surface area contributed by atoms with Crippen molar-refractivity contribution in [2.45, 2.75) is 23.8 Å². The third-order valence-electron chi connectivity index (χ3n) is 5.85. The maximum atomic E-state index is 13.5. The zero-order valence-corrected chi connectivity index (χ0v) is 19.2. The summed E-state index contributed by atoms with van der Waals surface area (Å²) >= 11 is 1.29. The van der Waals surface area contributed by atoms with Crippen LogP contribution in [-0.2, 0) is 11.2 Å². The normalized spacial score (nSPS) is 13.7. The van der Waals surface area contributed by atoms with Crippen LogP contribution in [0, 0.1) is 0 Å². The Bertz CT molecular complexity index is 1420. The molecule has 0 saturated carbocycles. The summed E-state index contributed by atoms with van der Waals surface area (Å²) < 4.78 is 7.07. The van der Waals surface area contributed by atoms with Gasteiger partial charge in [0.05, 0.1) is 29.0 Å². The molecule has 1 amide bonds. The second-order valence-corrected chi connectivity index (χ2v) is 9.16. The van der Waals surface area contributed by atoms with Gasteiger partial charge in [-0.15, -0.1) is 0 Å². The molecular weight excluding hydrogens is 434 g/mol. The Morgan fingerprint density at radius 3 is 2.52 bits per heavy atom. The zero-order chi connectivity index (χ0) is 22.9. The maximum absolute atomic E-state index is 13.5. The molecular formula is C26H23N3O3S. The number of rotatable bonds is 5. The topological polar surface area (TPSA) is 64.4 Å². The number of thioether (sulfide) groups is 1. The summed E-state index contributed by atoms with van der Waals surface area (Å²) in [6, 6.07) is 22.6. The lowest BCUT2D eigenvalue weighted by Gasteiger charge is -2.22. The van der Waals surface area contributed by atoms with Crippen LogP contribution in [0.5, 0.6) is 5.75 Å². The van der Waals surface area contributed by atoms with E-state index in [-0.39, 0.29) is 11.5 Å². The first-order chi connectivity index (χ1) is 16.1. The zero-order valence-electron chi connectivity index (χ0n) is 18.4. The molecule has 0 bridgehead atoms. The fourth-order valence-corrected chi connectivity index (χ4v) is 5.20. The monoisotopic (exact) mass is 457 g/mol. The Balaban J connectivity index is 1.58. The molecule has 1 aliphatic heterocycles. The number of hydrogen-bond acceptors (Lipinski definition) is 5. The van der Waals surface area contributed by atoms with Gasteiger partial charge < -0.3 is 9.64 Å². The van der Waals surface area contributed by atoms with Gasteiger partial charge in [-0.3, -0.25) is 14.2 Å². The van der Waals surface area contributed by atoms with Gasteiger partial charge in [-0.2, -0.15) is 0 Å². The van der Waals surface area contributed by atoms with Gasteiger partial charge in [-0.1, -0.05) is 54.2 Å². The van der Waals surface area contributed by atoms with E-state index in [0.717, 1.165) is 12.1 Å². The average molecular weight is 458 g/mol. The minimum atomic E-state index is -0.440. The molecule has 0 saturated heterocycles. The van der Waals surface area contributed by atoms with E-state index in [4.69, 9.17) is 9.72 Å². The van der Waals surface area contributed by atoms with Crippen molar-refractivity contribution in [3.05, 3.63) is 88.7 Å². The van der Waals surface area contributed by atoms with E-state index in [9.17, 15) is 9.59 Å². The molecule has 0 spiro atoms. The highest BCUT2D eigenvalue weighted by atomic mass is 32.2. The molecule has 0 N–H and O–H groups in total. The average Bonchev–Trinajstić information content (AvgIpc) is 3.28. The van der Waals surface area contributed by atoms with Gasteiger partial charge in [0, 0.05) is 12.2 Å². The van der Waals surface area contributed by atoms with Gasteiger partial charge in [-0.05, 0) is 49.2 Å². The summed E-state index contributed by atoms with van der Waals surface area (Å²) in [4.78, 5) is 33.6. The maximum Gasteiger partial charge on any atom is 0.266 e. The number of carbonyl (C=O) groups is 1. The van der Waals surface area contributed by atoms with Crippen LogP contribution in [0.15, 0.2) is 82.7 Å². The smallest absolute Gasteiger partial charge is 0.266 e. The van der Waals surface area contributed by atoms with Crippen molar-refractivity contribution in [2.75, 3.05) is 18.6 Å². The lowest BCUT2D eigenvalue weighted by Crippen LogP contribution is -2.35. The molecule has 0 fully saturated rings. The molecule has 0 radical (unpaired) electrons. The number of nitrogens with zero attached hydrogens (tertiary/aromatic N) is 3. The number of amides is 1. The van der Waals surface area contributed by atoms with E-state index in [1.54, 1.807) is 23.8 Å². The SMILES string of the molecule is COc1ccccc1-n1c(S[C@H](C)C(=O)N2CCc3ccccc32)nc2ccccc2c1=O. The van der Waals surface area contributed by atoms with Crippen LogP contribution in [0.3, 0.4) is 0 Å². The van der Waals surface area contributed by atoms with Gasteiger partial charge >= 0.3 is 0 Å². The number of ether oxygens (including phenoxy) is 1. The summed E-state index contributed by atoms with van der Waals surface area (Å²) in [6.07, 6.45) is 0.847. The lowest BCUT2D eigenvalue weighted by atomic mass is 10.2. The number of benzene rings is 3. The molecule has 2 heterocycles. The molecule has 3 aromatic carbocycles. The van der Waals surface area contributed by atoms with Gasteiger partial charge in [0.1, 0.15) is 5.75 Å². The summed E-state index contributed by atoms with van der Waals surface area (Å²) in [6.45, 7) is 2.52. The Morgan fingerprint density at radius 2 is 1.70 bits per heavy atom. The van der Waals surface area contributed by atoms with E-state index in [2.05, 4.69) is 6.07 Å². The number of anilines is 1. The lowest BCUT2D eigenvalue weighted by molar-refractivity contribution is -0.117. The van der Waals surface area contributed by atoms with E-state index in [1.807, 2.05) is 66.4 Å². The number of hydrogen-bond donors (Lipinski definition) is 0. The first-order valence-corrected chi connectivity index (χ1v) is 11.7. The number of para-hydroxylation sites is 4. The molecule has 1 aliphatic rings. The molecule has 5 rings (SSSR count). The van der Waals surface area contributed by atoms with Crippen molar-refractivity contribution < 1.29 is 9.53 Å². The number of fused-ring (bicyclic) bond motifs is 2. The Hall–Kier alpha value is -3.58. The number of aromatic nitrogens is 2. The summed E-state index contributed by atoms with van der Waals surface area (Å²) in [5.74, 6) is 0.560. The van der Waals surface area contributed by atoms with Crippen molar-refractivity contribution >= 4 is 34.3 Å². The molecule has 4 aromatic rings. The molecule has 1 atom stereocenters. The number of carbonyl (C=O) groups excluding carboxylic acids is 1. The summed E-state index contributed by atoms with van der Waals surface area (Å²) in [5.41, 5.74) is 3.14. The van der Waals surface area contributed by atoms with Crippen molar-refractivity contribution in [1.82, 2.24) is 9.55 Å². The van der Waals surface area contributed by atoms with Crippen LogP contribution in [0.1, 0.15) is 12.5 Å². The minimum Gasteiger partial charge on any atom is -0.495 e. The fraction of sp³-hybridized carbons (Fsp3) is 0.192. The Kier molecular flexibility index (Phi) is 5.64. The van der Waals surface area contributed by atoms with Gasteiger partial charge in [0.2, 0.25) is 5.91 Å². The highest BCUT2D eigenvalue weighted by Gasteiger charge is 2.29. The molecule has 0 unspecified atom stereocenters. The third kappa shape index (κ3) is 3.78. The highest BCUT2D eigenvalue weighted by Crippen LogP contribution is 2.33. The molecule has 1 aromatic heterocycles. The van der Waals surface area contributed by atoms with Crippen molar-refractivity contribution in [1.29, 1.82) is 0 Å².